The molecule has 0 bridgehead atoms. The van der Waals surface area contributed by atoms with Crippen molar-refractivity contribution in [2.75, 3.05) is 6.26 Å². The summed E-state index contributed by atoms with van der Waals surface area (Å²) >= 11 is 0.115. The summed E-state index contributed by atoms with van der Waals surface area (Å²) < 4.78 is 39.1. The van der Waals surface area contributed by atoms with Crippen molar-refractivity contribution in [3.05, 3.63) is 271 Å². The molecule has 0 spiro atoms. The highest BCUT2D eigenvalue weighted by Gasteiger charge is 2.15. The number of benzene rings is 8. The Bertz CT molecular complexity index is 1840. The molecule has 8 aromatic rings. The quantitative estimate of drug-likeness (QED) is 0.113. The van der Waals surface area contributed by atoms with Crippen LogP contribution in [0.3, 0.4) is 0 Å². The van der Waals surface area contributed by atoms with Crippen molar-refractivity contribution in [1.82, 2.24) is 0 Å². The van der Waals surface area contributed by atoms with E-state index in [0.717, 1.165) is 0 Å². The van der Waals surface area contributed by atoms with E-state index in [1.54, 1.807) is 0 Å². The summed E-state index contributed by atoms with van der Waals surface area (Å²) in [6, 6.07) is 85.6. The largest absolute Gasteiger partial charge is 1.00 e. The van der Waals surface area contributed by atoms with Crippen LogP contribution < -0.4 is 98.9 Å². The van der Waals surface area contributed by atoms with Gasteiger partial charge in [0.05, 0.1) is 10.1 Å². The van der Waals surface area contributed by atoms with Gasteiger partial charge in [-0.25, -0.2) is 8.42 Å². The summed E-state index contributed by atoms with van der Waals surface area (Å²) in [7, 11) is -3.92. The van der Waals surface area contributed by atoms with Gasteiger partial charge in [-0.05, 0) is 97.1 Å². The Hall–Kier alpha value is -3.62. The standard InChI is InChI=1S/4C12H10I.CH4O3S.3FH/c4*1-3-7-11(8-4-1)13-12-9-5-2-6-10-12;1-5(2,3)4;;;/h4*1-10H;1H3,(H,2,3,4);3*1H/q4*+1;;;;/p-4. The average molecular weight is 1280 g/mol. The molecule has 0 aliphatic heterocycles. The normalized spacial score (nSPS) is 9.50. The Balaban J connectivity index is 0.000000379. The van der Waals surface area contributed by atoms with Gasteiger partial charge in [0.2, 0.25) is 0 Å². The molecule has 0 amide bonds. The maximum Gasteiger partial charge on any atom is 0.357 e. The van der Waals surface area contributed by atoms with Crippen LogP contribution in [0.5, 0.6) is 0 Å². The molecule has 0 unspecified atom stereocenters. The van der Waals surface area contributed by atoms with Crippen molar-refractivity contribution in [3.63, 3.8) is 0 Å². The van der Waals surface area contributed by atoms with Crippen molar-refractivity contribution in [1.29, 1.82) is 0 Å². The van der Waals surface area contributed by atoms with Gasteiger partial charge in [0.15, 0.2) is 28.6 Å². The molecular formula is C49H43F3I4O3S. The van der Waals surface area contributed by atoms with E-state index >= 15 is 0 Å². The fourth-order valence-corrected chi connectivity index (χ4v) is 13.4. The van der Waals surface area contributed by atoms with Crippen LogP contribution in [0.2, 0.25) is 0 Å². The van der Waals surface area contributed by atoms with Gasteiger partial charge in [0.25, 0.3) is 0 Å². The lowest BCUT2D eigenvalue weighted by Gasteiger charge is -1.90. The number of hydrogen-bond donors (Lipinski definition) is 0. The fourth-order valence-electron chi connectivity index (χ4n) is 4.33. The molecule has 0 atom stereocenters. The summed E-state index contributed by atoms with van der Waals surface area (Å²) in [6.45, 7) is 0. The zero-order valence-electron chi connectivity index (χ0n) is 32.4. The average Bonchev–Trinajstić information content (AvgIpc) is 3.24. The third-order valence-corrected chi connectivity index (χ3v) is 17.5. The monoisotopic (exact) mass is 1280 g/mol. The Labute approximate surface area is 395 Å². The van der Waals surface area contributed by atoms with Crippen LogP contribution in [0.1, 0.15) is 0 Å². The zero-order valence-corrected chi connectivity index (χ0v) is 41.8. The Kier molecular flexibility index (Phi) is 30.0. The molecule has 0 radical (unpaired) electrons. The van der Waals surface area contributed by atoms with Crippen LogP contribution in [-0.4, -0.2) is 19.2 Å². The predicted octanol–water partition coefficient (Wildman–Crippen LogP) is -10.6. The van der Waals surface area contributed by atoms with Crippen molar-refractivity contribution in [2.45, 2.75) is 0 Å². The second-order valence-corrected chi connectivity index (χ2v) is 25.0. The molecule has 0 aliphatic rings. The fraction of sp³-hybridized carbons (Fsp3) is 0.0204. The van der Waals surface area contributed by atoms with E-state index in [1.165, 1.54) is 28.6 Å². The number of hydrogen-bond acceptors (Lipinski definition) is 3. The minimum atomic E-state index is -3.92. The molecule has 8 rings (SSSR count). The summed E-state index contributed by atoms with van der Waals surface area (Å²) in [5.41, 5.74) is 0. The Morgan fingerprint density at radius 3 is 0.433 bits per heavy atom. The number of rotatable bonds is 8. The van der Waals surface area contributed by atoms with Crippen molar-refractivity contribution in [2.24, 2.45) is 0 Å². The summed E-state index contributed by atoms with van der Waals surface area (Å²) in [6.07, 6.45) is 0.604. The highest BCUT2D eigenvalue weighted by atomic mass is 127. The van der Waals surface area contributed by atoms with Gasteiger partial charge in [-0.15, -0.1) is 0 Å². The summed E-state index contributed by atoms with van der Waals surface area (Å²) in [4.78, 5) is 0. The smallest absolute Gasteiger partial charge is 0.357 e. The van der Waals surface area contributed by atoms with E-state index in [0.29, 0.717) is 6.26 Å². The molecule has 0 fully saturated rings. The molecule has 0 aromatic heterocycles. The van der Waals surface area contributed by atoms with Gasteiger partial charge in [0.1, 0.15) is 0 Å². The topological polar surface area (TPSA) is 57.2 Å². The molecule has 0 saturated heterocycles. The highest BCUT2D eigenvalue weighted by Crippen LogP contribution is 1.89. The van der Waals surface area contributed by atoms with Gasteiger partial charge in [-0.2, -0.15) is 0 Å². The molecule has 11 heteroatoms. The SMILES string of the molecule is CS(=O)(=O)[O-].[F-].[F-].[F-].c1ccc([I+]c2ccccc2)cc1.c1ccc([I+]c2ccccc2)cc1.c1ccc([I+]c2ccccc2)cc1.c1ccc([I+]c2ccccc2)cc1. The molecule has 60 heavy (non-hydrogen) atoms. The second kappa shape index (κ2) is 33.1. The second-order valence-electron chi connectivity index (χ2n) is 11.4. The predicted molar refractivity (Wildman–Crippen MR) is 217 cm³/mol. The lowest BCUT2D eigenvalue weighted by atomic mass is 10.4. The lowest BCUT2D eigenvalue weighted by Crippen LogP contribution is -3.61. The van der Waals surface area contributed by atoms with Crippen LogP contribution in [0.25, 0.3) is 0 Å². The van der Waals surface area contributed by atoms with Crippen LogP contribution in [0.15, 0.2) is 243 Å². The van der Waals surface area contributed by atoms with Crippen molar-refractivity contribution in [3.8, 4) is 0 Å². The van der Waals surface area contributed by atoms with E-state index in [1.807, 2.05) is 0 Å². The summed E-state index contributed by atoms with van der Waals surface area (Å²) in [5, 5.41) is 0. The maximum atomic E-state index is 9.08. The minimum absolute atomic E-state index is 0. The first-order valence-corrected chi connectivity index (χ1v) is 28.2. The molecule has 0 N–H and O–H groups in total. The number of halogens is 7. The van der Waals surface area contributed by atoms with Gasteiger partial charge >= 0.3 is 84.8 Å². The molecular weight excluding hydrogens is 1230 g/mol. The van der Waals surface area contributed by atoms with E-state index in [4.69, 9.17) is 13.0 Å². The van der Waals surface area contributed by atoms with Gasteiger partial charge in [-0.1, -0.05) is 146 Å². The molecule has 3 nitrogen and oxygen atoms in total. The lowest BCUT2D eigenvalue weighted by molar-refractivity contribution is -0.597. The van der Waals surface area contributed by atoms with Crippen LogP contribution in [0, 0.1) is 28.6 Å². The van der Waals surface area contributed by atoms with E-state index in [9.17, 15) is 0 Å². The molecule has 0 aliphatic carbocycles. The first kappa shape index (κ1) is 54.4. The van der Waals surface area contributed by atoms with Crippen molar-refractivity contribution < 1.29 is 112 Å². The van der Waals surface area contributed by atoms with Crippen LogP contribution >= 0.6 is 0 Å². The first-order valence-electron chi connectivity index (χ1n) is 17.7. The van der Waals surface area contributed by atoms with E-state index < -0.39 is 10.1 Å². The Morgan fingerprint density at radius 2 is 0.350 bits per heavy atom. The Morgan fingerprint density at radius 1 is 0.267 bits per heavy atom. The third kappa shape index (κ3) is 26.6. The highest BCUT2D eigenvalue weighted by molar-refractivity contribution is 7.84. The summed E-state index contributed by atoms with van der Waals surface area (Å²) in [5.74, 6) is 0. The van der Waals surface area contributed by atoms with Crippen molar-refractivity contribution >= 4 is 10.1 Å². The first-order chi connectivity index (χ1) is 27.8. The molecule has 0 heterocycles. The van der Waals surface area contributed by atoms with E-state index in [2.05, 4.69) is 243 Å². The van der Waals surface area contributed by atoms with Crippen LogP contribution in [0.4, 0.5) is 0 Å². The zero-order chi connectivity index (χ0) is 40.2. The van der Waals surface area contributed by atoms with Gasteiger partial charge in [-0.3, -0.25) is 0 Å². The minimum Gasteiger partial charge on any atom is -1.00 e. The molecule has 312 valence electrons. The van der Waals surface area contributed by atoms with Gasteiger partial charge < -0.3 is 18.7 Å². The third-order valence-electron chi connectivity index (χ3n) is 6.74. The molecule has 0 saturated carbocycles. The molecule has 8 aromatic carbocycles. The van der Waals surface area contributed by atoms with E-state index in [-0.39, 0.29) is 98.9 Å². The van der Waals surface area contributed by atoms with Crippen LogP contribution in [-0.2, 0) is 10.1 Å². The van der Waals surface area contributed by atoms with Gasteiger partial charge in [0, 0.05) is 6.26 Å². The maximum absolute atomic E-state index is 9.08.